The van der Waals surface area contributed by atoms with Crippen molar-refractivity contribution >= 4 is 22.5 Å². The lowest BCUT2D eigenvalue weighted by atomic mass is 10.3. The first-order valence-corrected chi connectivity index (χ1v) is 6.04. The van der Waals surface area contributed by atoms with Crippen molar-refractivity contribution in [3.8, 4) is 5.75 Å². The van der Waals surface area contributed by atoms with E-state index in [1.165, 1.54) is 0 Å². The van der Waals surface area contributed by atoms with Gasteiger partial charge in [0.05, 0.1) is 4.90 Å². The number of hydrogen-bond donors (Lipinski definition) is 2. The van der Waals surface area contributed by atoms with E-state index >= 15 is 0 Å². The van der Waals surface area contributed by atoms with Gasteiger partial charge in [-0.1, -0.05) is 0 Å². The quantitative estimate of drug-likeness (QED) is 0.814. The molecule has 0 amide bonds. The lowest BCUT2D eigenvalue weighted by Crippen LogP contribution is -2.01. The average Bonchev–Trinajstić information content (AvgIpc) is 2.33. The number of rotatable bonds is 3. The summed E-state index contributed by atoms with van der Waals surface area (Å²) in [5.41, 5.74) is 12.3. The zero-order chi connectivity index (χ0) is 12.3. The molecule has 1 unspecified atom stereocenters. The highest BCUT2D eigenvalue weighted by Crippen LogP contribution is 2.17. The topological polar surface area (TPSA) is 78.3 Å². The lowest BCUT2D eigenvalue weighted by molar-refractivity contribution is 0.562. The number of benzene rings is 2. The van der Waals surface area contributed by atoms with E-state index in [4.69, 9.17) is 15.7 Å². The van der Waals surface area contributed by atoms with E-state index in [0.29, 0.717) is 22.0 Å². The van der Waals surface area contributed by atoms with Crippen LogP contribution < -0.4 is 15.7 Å². The largest absolute Gasteiger partial charge is 0.399 e. The van der Waals surface area contributed by atoms with Gasteiger partial charge in [-0.05, 0) is 48.5 Å². The smallest absolute Gasteiger partial charge is 0.240 e. The van der Waals surface area contributed by atoms with Crippen LogP contribution in [0.15, 0.2) is 53.4 Å². The molecule has 0 aromatic heterocycles. The Labute approximate surface area is 102 Å². The molecule has 0 spiro atoms. The average molecular weight is 248 g/mol. The minimum atomic E-state index is -1.55. The number of hydrogen-bond acceptors (Lipinski definition) is 4. The van der Waals surface area contributed by atoms with Gasteiger partial charge in [0.15, 0.2) is 0 Å². The molecule has 0 saturated heterocycles. The molecule has 2 aromatic carbocycles. The van der Waals surface area contributed by atoms with Gasteiger partial charge in [-0.3, -0.25) is 0 Å². The van der Waals surface area contributed by atoms with Gasteiger partial charge in [0, 0.05) is 11.4 Å². The van der Waals surface area contributed by atoms with Crippen molar-refractivity contribution in [3.05, 3.63) is 48.5 Å². The molecule has 0 bridgehead atoms. The molecule has 0 radical (unpaired) electrons. The van der Waals surface area contributed by atoms with Crippen LogP contribution in [0.3, 0.4) is 0 Å². The zero-order valence-corrected chi connectivity index (χ0v) is 9.81. The van der Waals surface area contributed by atoms with Crippen molar-refractivity contribution in [2.45, 2.75) is 4.90 Å². The predicted octanol–water partition coefficient (Wildman–Crippen LogP) is 1.95. The highest BCUT2D eigenvalue weighted by atomic mass is 32.2. The molecular weight excluding hydrogens is 236 g/mol. The van der Waals surface area contributed by atoms with Crippen LogP contribution in [-0.2, 0) is 11.1 Å². The van der Waals surface area contributed by atoms with Crippen LogP contribution in [0, 0.1) is 0 Å². The minimum absolute atomic E-state index is 0.509. The third kappa shape index (κ3) is 2.98. The SMILES string of the molecule is Nc1ccc(OS(=O)c2ccc(N)cc2)cc1. The fraction of sp³-hybridized carbons (Fsp3) is 0. The third-order valence-electron chi connectivity index (χ3n) is 2.12. The Morgan fingerprint density at radius 1 is 0.824 bits per heavy atom. The minimum Gasteiger partial charge on any atom is -0.399 e. The molecule has 2 rings (SSSR count). The van der Waals surface area contributed by atoms with Crippen LogP contribution in [0.4, 0.5) is 11.4 Å². The Hall–Kier alpha value is -2.01. The van der Waals surface area contributed by atoms with Gasteiger partial charge in [-0.2, -0.15) is 0 Å². The normalized spacial score (nSPS) is 12.0. The predicted molar refractivity (Wildman–Crippen MR) is 68.7 cm³/mol. The Balaban J connectivity index is 2.11. The molecule has 0 aliphatic heterocycles. The molecule has 0 saturated carbocycles. The summed E-state index contributed by atoms with van der Waals surface area (Å²) in [7, 11) is 0. The zero-order valence-electron chi connectivity index (χ0n) is 9.00. The van der Waals surface area contributed by atoms with Crippen LogP contribution in [0.5, 0.6) is 5.75 Å². The van der Waals surface area contributed by atoms with Gasteiger partial charge in [0.2, 0.25) is 11.1 Å². The van der Waals surface area contributed by atoms with E-state index in [9.17, 15) is 4.21 Å². The van der Waals surface area contributed by atoms with E-state index in [2.05, 4.69) is 0 Å². The first kappa shape index (κ1) is 11.5. The maximum Gasteiger partial charge on any atom is 0.240 e. The van der Waals surface area contributed by atoms with E-state index in [0.717, 1.165) is 0 Å². The van der Waals surface area contributed by atoms with Gasteiger partial charge in [-0.15, -0.1) is 0 Å². The van der Waals surface area contributed by atoms with Crippen LogP contribution in [0.2, 0.25) is 0 Å². The summed E-state index contributed by atoms with van der Waals surface area (Å²) in [6.07, 6.45) is 0. The summed E-state index contributed by atoms with van der Waals surface area (Å²) in [4.78, 5) is 0.566. The van der Waals surface area contributed by atoms with Crippen molar-refractivity contribution in [1.29, 1.82) is 0 Å². The Bertz CT molecular complexity index is 523. The molecule has 4 nitrogen and oxygen atoms in total. The van der Waals surface area contributed by atoms with Gasteiger partial charge in [0.1, 0.15) is 5.75 Å². The van der Waals surface area contributed by atoms with Crippen molar-refractivity contribution in [3.63, 3.8) is 0 Å². The van der Waals surface area contributed by atoms with Gasteiger partial charge in [0.25, 0.3) is 0 Å². The summed E-state index contributed by atoms with van der Waals surface area (Å²) >= 11 is -1.55. The molecule has 88 valence electrons. The summed E-state index contributed by atoms with van der Waals surface area (Å²) in [6.45, 7) is 0. The molecular formula is C12H12N2O2S. The maximum absolute atomic E-state index is 11.8. The number of nitrogen functional groups attached to an aromatic ring is 2. The van der Waals surface area contributed by atoms with Gasteiger partial charge < -0.3 is 15.7 Å². The summed E-state index contributed by atoms with van der Waals surface area (Å²) in [6, 6.07) is 13.4. The summed E-state index contributed by atoms with van der Waals surface area (Å²) in [5.74, 6) is 0.509. The first-order valence-electron chi connectivity index (χ1n) is 4.96. The molecule has 0 heterocycles. The monoisotopic (exact) mass is 248 g/mol. The van der Waals surface area contributed by atoms with E-state index in [1.807, 2.05) is 0 Å². The van der Waals surface area contributed by atoms with Crippen molar-refractivity contribution < 1.29 is 8.39 Å². The Morgan fingerprint density at radius 3 is 1.82 bits per heavy atom. The lowest BCUT2D eigenvalue weighted by Gasteiger charge is -2.05. The van der Waals surface area contributed by atoms with Crippen LogP contribution in [0.1, 0.15) is 0 Å². The molecule has 4 N–H and O–H groups in total. The molecule has 17 heavy (non-hydrogen) atoms. The molecule has 0 fully saturated rings. The van der Waals surface area contributed by atoms with E-state index in [-0.39, 0.29) is 0 Å². The molecule has 0 aliphatic rings. The fourth-order valence-electron chi connectivity index (χ4n) is 1.24. The molecule has 0 aliphatic carbocycles. The van der Waals surface area contributed by atoms with Gasteiger partial charge >= 0.3 is 0 Å². The number of nitrogens with two attached hydrogens (primary N) is 2. The van der Waals surface area contributed by atoms with Crippen molar-refractivity contribution in [2.24, 2.45) is 0 Å². The Morgan fingerprint density at radius 2 is 1.29 bits per heavy atom. The molecule has 2 aromatic rings. The fourth-order valence-corrected chi connectivity index (χ4v) is 1.98. The highest BCUT2D eigenvalue weighted by molar-refractivity contribution is 7.80. The maximum atomic E-state index is 11.8. The summed E-state index contributed by atoms with van der Waals surface area (Å²) in [5, 5.41) is 0. The second-order valence-electron chi connectivity index (χ2n) is 3.46. The van der Waals surface area contributed by atoms with Crippen LogP contribution >= 0.6 is 0 Å². The van der Waals surface area contributed by atoms with Crippen LogP contribution in [-0.4, -0.2) is 4.21 Å². The summed E-state index contributed by atoms with van der Waals surface area (Å²) < 4.78 is 17.1. The van der Waals surface area contributed by atoms with E-state index in [1.54, 1.807) is 48.5 Å². The molecule has 5 heteroatoms. The second-order valence-corrected chi connectivity index (χ2v) is 4.56. The van der Waals surface area contributed by atoms with E-state index < -0.39 is 11.1 Å². The van der Waals surface area contributed by atoms with Crippen LogP contribution in [0.25, 0.3) is 0 Å². The van der Waals surface area contributed by atoms with Crippen molar-refractivity contribution in [1.82, 2.24) is 0 Å². The van der Waals surface area contributed by atoms with Crippen molar-refractivity contribution in [2.75, 3.05) is 11.5 Å². The van der Waals surface area contributed by atoms with Gasteiger partial charge in [-0.25, -0.2) is 4.21 Å². The Kier molecular flexibility index (Phi) is 3.30. The molecule has 1 atom stereocenters. The second kappa shape index (κ2) is 4.88. The first-order chi connectivity index (χ1) is 8.15. The third-order valence-corrected chi connectivity index (χ3v) is 3.13. The number of anilines is 2. The standard InChI is InChI=1S/C12H12N2O2S/c13-9-1-5-11(6-2-9)16-17(15)12-7-3-10(14)4-8-12/h1-8H,13-14H2. The highest BCUT2D eigenvalue weighted by Gasteiger charge is 2.05.